The largest absolute Gasteiger partial charge is 0.391 e. The lowest BCUT2D eigenvalue weighted by Crippen LogP contribution is -2.37. The molecule has 1 spiro atoms. The standard InChI is InChI=1S/C15H28N2O2/c1-14(2,3)8-11(18)10-17-13(19)12-9-15(12)4-6-16-7-5-15/h11-12,16,18H,4-10H2,1-3H3,(H,17,19). The number of piperidine rings is 1. The highest BCUT2D eigenvalue weighted by Gasteiger charge is 2.57. The van der Waals surface area contributed by atoms with Crippen molar-refractivity contribution in [2.75, 3.05) is 19.6 Å². The van der Waals surface area contributed by atoms with Crippen LogP contribution in [0.4, 0.5) is 0 Å². The minimum Gasteiger partial charge on any atom is -0.391 e. The number of hydrogen-bond donors (Lipinski definition) is 3. The van der Waals surface area contributed by atoms with Crippen molar-refractivity contribution < 1.29 is 9.90 Å². The monoisotopic (exact) mass is 268 g/mol. The molecule has 0 aromatic rings. The molecule has 1 saturated heterocycles. The molecule has 1 aliphatic carbocycles. The highest BCUT2D eigenvalue weighted by molar-refractivity contribution is 5.82. The van der Waals surface area contributed by atoms with Gasteiger partial charge in [0.15, 0.2) is 0 Å². The number of aliphatic hydroxyl groups is 1. The van der Waals surface area contributed by atoms with E-state index in [-0.39, 0.29) is 22.7 Å². The van der Waals surface area contributed by atoms with E-state index in [1.165, 1.54) is 0 Å². The zero-order valence-electron chi connectivity index (χ0n) is 12.5. The average molecular weight is 268 g/mol. The van der Waals surface area contributed by atoms with Crippen molar-refractivity contribution in [1.82, 2.24) is 10.6 Å². The SMILES string of the molecule is CC(C)(C)CC(O)CNC(=O)C1CC12CCNCC2. The van der Waals surface area contributed by atoms with Gasteiger partial charge < -0.3 is 15.7 Å². The van der Waals surface area contributed by atoms with E-state index in [4.69, 9.17) is 0 Å². The van der Waals surface area contributed by atoms with Gasteiger partial charge in [-0.3, -0.25) is 4.79 Å². The van der Waals surface area contributed by atoms with E-state index in [1.807, 2.05) is 0 Å². The van der Waals surface area contributed by atoms with Crippen LogP contribution in [0.5, 0.6) is 0 Å². The number of rotatable bonds is 4. The molecule has 2 fully saturated rings. The summed E-state index contributed by atoms with van der Waals surface area (Å²) in [6, 6.07) is 0. The predicted molar refractivity (Wildman–Crippen MR) is 75.7 cm³/mol. The van der Waals surface area contributed by atoms with Crippen LogP contribution in [0.15, 0.2) is 0 Å². The van der Waals surface area contributed by atoms with E-state index in [1.54, 1.807) is 0 Å². The van der Waals surface area contributed by atoms with E-state index in [9.17, 15) is 9.90 Å². The molecule has 0 bridgehead atoms. The predicted octanol–water partition coefficient (Wildman–Crippen LogP) is 1.29. The van der Waals surface area contributed by atoms with Crippen LogP contribution in [0.1, 0.15) is 46.5 Å². The molecule has 2 rings (SSSR count). The molecule has 2 unspecified atom stereocenters. The van der Waals surface area contributed by atoms with Gasteiger partial charge >= 0.3 is 0 Å². The lowest BCUT2D eigenvalue weighted by atomic mass is 9.89. The van der Waals surface area contributed by atoms with Crippen LogP contribution in [0.25, 0.3) is 0 Å². The summed E-state index contributed by atoms with van der Waals surface area (Å²) >= 11 is 0. The van der Waals surface area contributed by atoms with Gasteiger partial charge in [0.1, 0.15) is 0 Å². The maximum atomic E-state index is 12.1. The van der Waals surface area contributed by atoms with Crippen LogP contribution < -0.4 is 10.6 Å². The molecule has 4 nitrogen and oxygen atoms in total. The fourth-order valence-electron chi connectivity index (χ4n) is 3.32. The van der Waals surface area contributed by atoms with Crippen molar-refractivity contribution in [3.8, 4) is 0 Å². The van der Waals surface area contributed by atoms with Gasteiger partial charge in [-0.15, -0.1) is 0 Å². The number of carbonyl (C=O) groups is 1. The molecule has 1 heterocycles. The minimum absolute atomic E-state index is 0.0972. The number of carbonyl (C=O) groups excluding carboxylic acids is 1. The van der Waals surface area contributed by atoms with Crippen LogP contribution in [0.2, 0.25) is 0 Å². The van der Waals surface area contributed by atoms with E-state index >= 15 is 0 Å². The van der Waals surface area contributed by atoms with Crippen molar-refractivity contribution in [3.05, 3.63) is 0 Å². The Bertz CT molecular complexity index is 330. The van der Waals surface area contributed by atoms with Crippen LogP contribution in [0.3, 0.4) is 0 Å². The Morgan fingerprint density at radius 1 is 1.42 bits per heavy atom. The van der Waals surface area contributed by atoms with Gasteiger partial charge in [0, 0.05) is 12.5 Å². The van der Waals surface area contributed by atoms with E-state index in [2.05, 4.69) is 31.4 Å². The molecule has 19 heavy (non-hydrogen) atoms. The minimum atomic E-state index is -0.438. The van der Waals surface area contributed by atoms with Crippen LogP contribution >= 0.6 is 0 Å². The van der Waals surface area contributed by atoms with Gasteiger partial charge in [0.2, 0.25) is 5.91 Å². The number of hydrogen-bond acceptors (Lipinski definition) is 3. The zero-order valence-corrected chi connectivity index (χ0v) is 12.5. The highest BCUT2D eigenvalue weighted by atomic mass is 16.3. The first-order valence-electron chi connectivity index (χ1n) is 7.49. The number of amides is 1. The van der Waals surface area contributed by atoms with Crippen LogP contribution in [-0.4, -0.2) is 36.8 Å². The van der Waals surface area contributed by atoms with Crippen LogP contribution in [-0.2, 0) is 4.79 Å². The van der Waals surface area contributed by atoms with Gasteiger partial charge in [0.05, 0.1) is 6.10 Å². The summed E-state index contributed by atoms with van der Waals surface area (Å²) in [4.78, 5) is 12.1. The van der Waals surface area contributed by atoms with Crippen molar-refractivity contribution in [1.29, 1.82) is 0 Å². The van der Waals surface area contributed by atoms with Gasteiger partial charge in [-0.2, -0.15) is 0 Å². The number of aliphatic hydroxyl groups excluding tert-OH is 1. The smallest absolute Gasteiger partial charge is 0.223 e. The summed E-state index contributed by atoms with van der Waals surface area (Å²) in [6.07, 6.45) is 3.56. The molecule has 3 N–H and O–H groups in total. The molecule has 1 saturated carbocycles. The fourth-order valence-corrected chi connectivity index (χ4v) is 3.32. The molecular weight excluding hydrogens is 240 g/mol. The maximum absolute atomic E-state index is 12.1. The Kier molecular flexibility index (Phi) is 4.21. The van der Waals surface area contributed by atoms with Crippen molar-refractivity contribution in [3.63, 3.8) is 0 Å². The molecule has 0 aromatic heterocycles. The van der Waals surface area contributed by atoms with Gasteiger partial charge in [-0.1, -0.05) is 20.8 Å². The normalized spacial score (nSPS) is 27.1. The molecule has 110 valence electrons. The Hall–Kier alpha value is -0.610. The Balaban J connectivity index is 1.71. The van der Waals surface area contributed by atoms with Gasteiger partial charge in [-0.05, 0) is 49.6 Å². The Morgan fingerprint density at radius 3 is 2.63 bits per heavy atom. The first-order chi connectivity index (χ1) is 8.82. The van der Waals surface area contributed by atoms with Crippen molar-refractivity contribution in [2.45, 2.75) is 52.6 Å². The van der Waals surface area contributed by atoms with E-state index in [0.29, 0.717) is 13.0 Å². The second-order valence-electron chi connectivity index (χ2n) is 7.53. The zero-order chi connectivity index (χ0) is 14.1. The Morgan fingerprint density at radius 2 is 2.05 bits per heavy atom. The molecule has 1 amide bonds. The fraction of sp³-hybridized carbons (Fsp3) is 0.933. The summed E-state index contributed by atoms with van der Waals surface area (Å²) in [5.41, 5.74) is 0.379. The van der Waals surface area contributed by atoms with Gasteiger partial charge in [-0.25, -0.2) is 0 Å². The third-order valence-corrected chi connectivity index (χ3v) is 4.47. The molecule has 0 aromatic carbocycles. The van der Waals surface area contributed by atoms with E-state index < -0.39 is 6.10 Å². The Labute approximate surface area is 116 Å². The second-order valence-corrected chi connectivity index (χ2v) is 7.53. The molecule has 2 aliphatic rings. The maximum Gasteiger partial charge on any atom is 0.223 e. The molecular formula is C15H28N2O2. The second kappa shape index (κ2) is 5.41. The summed E-state index contributed by atoms with van der Waals surface area (Å²) < 4.78 is 0. The topological polar surface area (TPSA) is 61.4 Å². The lowest BCUT2D eigenvalue weighted by molar-refractivity contribution is -0.123. The molecule has 1 aliphatic heterocycles. The summed E-state index contributed by atoms with van der Waals surface area (Å²) in [5.74, 6) is 0.339. The molecule has 0 radical (unpaired) electrons. The molecule has 4 heteroatoms. The molecule has 2 atom stereocenters. The first kappa shape index (κ1) is 14.8. The number of nitrogens with one attached hydrogen (secondary N) is 2. The first-order valence-corrected chi connectivity index (χ1v) is 7.49. The lowest BCUT2D eigenvalue weighted by Gasteiger charge is -2.24. The van der Waals surface area contributed by atoms with Crippen molar-refractivity contribution >= 4 is 5.91 Å². The highest BCUT2D eigenvalue weighted by Crippen LogP contribution is 2.58. The quantitative estimate of drug-likeness (QED) is 0.720. The summed E-state index contributed by atoms with van der Waals surface area (Å²) in [7, 11) is 0. The average Bonchev–Trinajstić information content (AvgIpc) is 2.99. The van der Waals surface area contributed by atoms with Crippen LogP contribution in [0, 0.1) is 16.7 Å². The van der Waals surface area contributed by atoms with E-state index in [0.717, 1.165) is 32.4 Å². The summed E-state index contributed by atoms with van der Waals surface area (Å²) in [5, 5.41) is 16.2. The van der Waals surface area contributed by atoms with Gasteiger partial charge in [0.25, 0.3) is 0 Å². The third-order valence-electron chi connectivity index (χ3n) is 4.47. The van der Waals surface area contributed by atoms with Crippen molar-refractivity contribution in [2.24, 2.45) is 16.7 Å². The third kappa shape index (κ3) is 3.93. The summed E-state index contributed by atoms with van der Waals surface area (Å²) in [6.45, 7) is 8.77.